The quantitative estimate of drug-likeness (QED) is 0.539. The number of nitrogens with one attached hydrogen (secondary N) is 1. The molecule has 4 aliphatic rings. The maximum Gasteiger partial charge on any atom is 0.303 e. The number of hydrogen-bond donors (Lipinski definition) is 2. The summed E-state index contributed by atoms with van der Waals surface area (Å²) < 4.78 is 5.04. The minimum Gasteiger partial charge on any atom is -0.458 e. The molecule has 0 saturated heterocycles. The van der Waals surface area contributed by atoms with E-state index in [4.69, 9.17) is 4.74 Å². The number of allylic oxidation sites excluding steroid dienone is 6. The van der Waals surface area contributed by atoms with Crippen LogP contribution < -0.4 is 0 Å². The number of hydrogen-bond acceptors (Lipinski definition) is 6. The van der Waals surface area contributed by atoms with Crippen LogP contribution in [0.15, 0.2) is 48.0 Å². The molecular formula is C26H30N2O5. The molecule has 1 heterocycles. The summed E-state index contributed by atoms with van der Waals surface area (Å²) in [7, 11) is 0. The zero-order valence-electron chi connectivity index (χ0n) is 19.3. The molecule has 7 nitrogen and oxygen atoms in total. The highest BCUT2D eigenvalue weighted by molar-refractivity contribution is 6.01. The number of fused-ring (bicyclic) bond motifs is 5. The zero-order valence-corrected chi connectivity index (χ0v) is 19.3. The van der Waals surface area contributed by atoms with E-state index >= 15 is 0 Å². The van der Waals surface area contributed by atoms with Crippen LogP contribution in [0.4, 0.5) is 0 Å². The van der Waals surface area contributed by atoms with Gasteiger partial charge in [-0.15, -0.1) is 0 Å². The van der Waals surface area contributed by atoms with Crippen molar-refractivity contribution in [3.63, 3.8) is 0 Å². The summed E-state index contributed by atoms with van der Waals surface area (Å²) in [6.45, 7) is 4.98. The molecule has 0 aliphatic heterocycles. The van der Waals surface area contributed by atoms with Crippen molar-refractivity contribution in [1.29, 1.82) is 0 Å². The minimum atomic E-state index is -1.70. The van der Waals surface area contributed by atoms with E-state index in [1.165, 1.54) is 12.5 Å². The fourth-order valence-corrected chi connectivity index (χ4v) is 7.17. The Morgan fingerprint density at radius 2 is 2.12 bits per heavy atom. The number of nitrogens with zero attached hydrogens (tertiary/aromatic N) is 1. The number of aromatic amines is 1. The number of imidazole rings is 1. The number of ether oxygens (including phenoxy) is 1. The van der Waals surface area contributed by atoms with Gasteiger partial charge in [0, 0.05) is 35.6 Å². The van der Waals surface area contributed by atoms with Crippen LogP contribution in [0.2, 0.25) is 0 Å². The SMILES string of the molecule is CC(=O)OCC(=O)[C@@]1(O)[C@H](c2cnc[nH]2)CC2C3CCC4=CC(=O)C=C[C@]4(C)C3=CC[C@@]21C. The van der Waals surface area contributed by atoms with Gasteiger partial charge in [-0.05, 0) is 56.6 Å². The summed E-state index contributed by atoms with van der Waals surface area (Å²) in [6, 6.07) is 0. The van der Waals surface area contributed by atoms with Gasteiger partial charge in [0.2, 0.25) is 5.78 Å². The van der Waals surface area contributed by atoms with Crippen molar-refractivity contribution in [2.24, 2.45) is 22.7 Å². The summed E-state index contributed by atoms with van der Waals surface area (Å²) in [4.78, 5) is 44.1. The van der Waals surface area contributed by atoms with E-state index in [0.717, 1.165) is 24.1 Å². The summed E-state index contributed by atoms with van der Waals surface area (Å²) in [5, 5.41) is 12.2. The van der Waals surface area contributed by atoms with E-state index in [9.17, 15) is 19.5 Å². The van der Waals surface area contributed by atoms with Gasteiger partial charge >= 0.3 is 5.97 Å². The number of carbonyl (C=O) groups is 3. The number of carbonyl (C=O) groups excluding carboxylic acids is 3. The van der Waals surface area contributed by atoms with Crippen molar-refractivity contribution < 1.29 is 24.2 Å². The average molecular weight is 451 g/mol. The van der Waals surface area contributed by atoms with Gasteiger partial charge < -0.3 is 14.8 Å². The predicted octanol–water partition coefficient (Wildman–Crippen LogP) is 3.19. The molecule has 0 spiro atoms. The van der Waals surface area contributed by atoms with Crippen LogP contribution in [0.25, 0.3) is 0 Å². The maximum atomic E-state index is 13.5. The first kappa shape index (κ1) is 22.0. The standard InChI is InChI=1S/C26H30N2O5/c1-15(29)33-13-23(31)26(32)21(22-12-27-14-28-22)11-20-18-5-4-16-10-17(30)6-8-24(16,2)19(18)7-9-25(20,26)3/h6-8,10,12,14,18,20-21,32H,4-5,9,11,13H2,1-3H3,(H,27,28)/t18?,20?,21-,24-,25-,26-/m0/s1. The van der Waals surface area contributed by atoms with Crippen molar-refractivity contribution in [3.05, 3.63) is 53.7 Å². The average Bonchev–Trinajstić information content (AvgIpc) is 3.38. The minimum absolute atomic E-state index is 0.0350. The first-order valence-corrected chi connectivity index (χ1v) is 11.6. The topological polar surface area (TPSA) is 109 Å². The molecule has 0 aromatic carbocycles. The third-order valence-electron chi connectivity index (χ3n) is 8.93. The molecule has 7 heteroatoms. The molecule has 4 aliphatic carbocycles. The number of ketones is 2. The number of aliphatic hydroxyl groups is 1. The molecule has 2 fully saturated rings. The van der Waals surface area contributed by atoms with Gasteiger partial charge in [0.05, 0.1) is 6.33 Å². The van der Waals surface area contributed by atoms with Crippen LogP contribution >= 0.6 is 0 Å². The van der Waals surface area contributed by atoms with Gasteiger partial charge in [0.1, 0.15) is 5.60 Å². The first-order chi connectivity index (χ1) is 15.6. The summed E-state index contributed by atoms with van der Waals surface area (Å²) in [5.41, 5.74) is 0.425. The lowest BCUT2D eigenvalue weighted by atomic mass is 9.51. The van der Waals surface area contributed by atoms with Gasteiger partial charge in [-0.2, -0.15) is 0 Å². The van der Waals surface area contributed by atoms with Gasteiger partial charge in [-0.3, -0.25) is 14.4 Å². The maximum absolute atomic E-state index is 13.5. The highest BCUT2D eigenvalue weighted by Crippen LogP contribution is 2.68. The van der Waals surface area contributed by atoms with Crippen LogP contribution in [-0.2, 0) is 19.1 Å². The zero-order chi connectivity index (χ0) is 23.6. The molecule has 2 saturated carbocycles. The molecule has 33 heavy (non-hydrogen) atoms. The van der Waals surface area contributed by atoms with E-state index in [2.05, 4.69) is 23.0 Å². The van der Waals surface area contributed by atoms with Crippen LogP contribution in [0.1, 0.15) is 58.1 Å². The third kappa shape index (κ3) is 2.98. The molecule has 6 atom stereocenters. The van der Waals surface area contributed by atoms with Crippen LogP contribution in [0.5, 0.6) is 0 Å². The Labute approximate surface area is 193 Å². The Kier molecular flexibility index (Phi) is 4.90. The summed E-state index contributed by atoms with van der Waals surface area (Å²) in [5.74, 6) is -1.21. The van der Waals surface area contributed by atoms with Crippen LogP contribution in [0, 0.1) is 22.7 Å². The van der Waals surface area contributed by atoms with E-state index in [1.807, 2.05) is 13.0 Å². The largest absolute Gasteiger partial charge is 0.458 e. The smallest absolute Gasteiger partial charge is 0.303 e. The lowest BCUT2D eigenvalue weighted by Gasteiger charge is -2.53. The number of rotatable bonds is 4. The lowest BCUT2D eigenvalue weighted by molar-refractivity contribution is -0.164. The molecule has 0 bridgehead atoms. The van der Waals surface area contributed by atoms with Gasteiger partial charge in [0.25, 0.3) is 0 Å². The molecule has 2 N–H and O–H groups in total. The number of esters is 1. The van der Waals surface area contributed by atoms with Gasteiger partial charge in [-0.1, -0.05) is 30.2 Å². The van der Waals surface area contributed by atoms with Crippen molar-refractivity contribution in [1.82, 2.24) is 9.97 Å². The van der Waals surface area contributed by atoms with Crippen molar-refractivity contribution in [2.75, 3.05) is 6.61 Å². The molecule has 0 amide bonds. The molecule has 0 radical (unpaired) electrons. The van der Waals surface area contributed by atoms with E-state index < -0.39 is 35.3 Å². The molecular weight excluding hydrogens is 420 g/mol. The Morgan fingerprint density at radius 3 is 2.82 bits per heavy atom. The van der Waals surface area contributed by atoms with Crippen molar-refractivity contribution >= 4 is 17.5 Å². The van der Waals surface area contributed by atoms with Crippen molar-refractivity contribution in [2.45, 2.75) is 58.0 Å². The summed E-state index contributed by atoms with van der Waals surface area (Å²) in [6.07, 6.45) is 13.7. The number of aromatic nitrogens is 2. The number of H-pyrrole nitrogens is 1. The Balaban J connectivity index is 1.58. The van der Waals surface area contributed by atoms with Crippen LogP contribution in [-0.4, -0.2) is 44.8 Å². The van der Waals surface area contributed by atoms with E-state index in [0.29, 0.717) is 12.8 Å². The van der Waals surface area contributed by atoms with Crippen molar-refractivity contribution in [3.8, 4) is 0 Å². The molecule has 2 unspecified atom stereocenters. The predicted molar refractivity (Wildman–Crippen MR) is 120 cm³/mol. The Bertz CT molecular complexity index is 1120. The monoisotopic (exact) mass is 450 g/mol. The van der Waals surface area contributed by atoms with Gasteiger partial charge in [0.15, 0.2) is 12.4 Å². The second-order valence-electron chi connectivity index (χ2n) is 10.4. The second-order valence-corrected chi connectivity index (χ2v) is 10.4. The molecule has 174 valence electrons. The van der Waals surface area contributed by atoms with E-state index in [1.54, 1.807) is 24.7 Å². The fraction of sp³-hybridized carbons (Fsp3) is 0.538. The third-order valence-corrected chi connectivity index (χ3v) is 8.93. The highest BCUT2D eigenvalue weighted by Gasteiger charge is 2.69. The molecule has 1 aromatic heterocycles. The lowest BCUT2D eigenvalue weighted by Crippen LogP contribution is -2.57. The van der Waals surface area contributed by atoms with Gasteiger partial charge in [-0.25, -0.2) is 4.98 Å². The normalized spacial score (nSPS) is 39.2. The highest BCUT2D eigenvalue weighted by atomic mass is 16.5. The first-order valence-electron chi connectivity index (χ1n) is 11.6. The Hall–Kier alpha value is -2.80. The molecule has 5 rings (SSSR count). The molecule has 1 aromatic rings. The summed E-state index contributed by atoms with van der Waals surface area (Å²) >= 11 is 0. The van der Waals surface area contributed by atoms with Crippen LogP contribution in [0.3, 0.4) is 0 Å². The second kappa shape index (κ2) is 7.35. The Morgan fingerprint density at radius 1 is 1.33 bits per heavy atom. The number of Topliss-reactive ketones (excluding diaryl/α,β-unsaturated/α-hetero) is 1. The fourth-order valence-electron chi connectivity index (χ4n) is 7.17. The van der Waals surface area contributed by atoms with E-state index in [-0.39, 0.29) is 23.0 Å².